The Labute approximate surface area is 199 Å². The third-order valence-electron chi connectivity index (χ3n) is 4.87. The van der Waals surface area contributed by atoms with Crippen LogP contribution in [0.1, 0.15) is 22.2 Å². The van der Waals surface area contributed by atoms with Crippen LogP contribution in [-0.4, -0.2) is 37.7 Å². The summed E-state index contributed by atoms with van der Waals surface area (Å²) in [7, 11) is -2.90. The summed E-state index contributed by atoms with van der Waals surface area (Å²) in [5, 5.41) is 7.18. The van der Waals surface area contributed by atoms with Gasteiger partial charge in [-0.05, 0) is 66.4 Å². The number of methoxy groups -OCH3 is 1. The van der Waals surface area contributed by atoms with Gasteiger partial charge in [-0.25, -0.2) is 4.79 Å². The van der Waals surface area contributed by atoms with Crippen molar-refractivity contribution in [3.05, 3.63) is 76.0 Å². The average molecular weight is 499 g/mol. The Hall–Kier alpha value is -3.80. The molecule has 1 N–H and O–H groups in total. The molecule has 0 bridgehead atoms. The minimum atomic E-state index is -4.34. The summed E-state index contributed by atoms with van der Waals surface area (Å²) in [5.74, 6) is -0.350. The molecule has 1 amide bonds. The number of rotatable bonds is 6. The van der Waals surface area contributed by atoms with E-state index in [9.17, 15) is 18.0 Å². The van der Waals surface area contributed by atoms with Gasteiger partial charge in [0.2, 0.25) is 0 Å². The van der Waals surface area contributed by atoms with Crippen LogP contribution < -0.4 is 14.5 Å². The molecule has 0 saturated carbocycles. The van der Waals surface area contributed by atoms with E-state index in [0.29, 0.717) is 33.2 Å². The fourth-order valence-electron chi connectivity index (χ4n) is 3.19. The van der Waals surface area contributed by atoms with Gasteiger partial charge >= 0.3 is 5.97 Å². The van der Waals surface area contributed by atoms with E-state index in [1.54, 1.807) is 48.7 Å². The number of anilines is 1. The van der Waals surface area contributed by atoms with Gasteiger partial charge < -0.3 is 9.47 Å². The number of carbonyl (C=O) groups excluding carboxylic acids is 2. The van der Waals surface area contributed by atoms with Crippen LogP contribution in [0.15, 0.2) is 75.5 Å². The predicted molar refractivity (Wildman–Crippen MR) is 127 cm³/mol. The molecule has 3 aromatic rings. The second-order valence-electron chi connectivity index (χ2n) is 7.11. The molecule has 0 spiro atoms. The van der Waals surface area contributed by atoms with Crippen LogP contribution in [-0.2, 0) is 14.9 Å². The summed E-state index contributed by atoms with van der Waals surface area (Å²) in [6.07, 6.45) is 1.63. The number of benzene rings is 2. The highest BCUT2D eigenvalue weighted by Gasteiger charge is 2.29. The Morgan fingerprint density at radius 2 is 1.85 bits per heavy atom. The average Bonchev–Trinajstić information content (AvgIpc) is 3.44. The van der Waals surface area contributed by atoms with E-state index in [2.05, 4.69) is 5.10 Å². The molecule has 11 heteroatoms. The highest BCUT2D eigenvalue weighted by molar-refractivity contribution is 7.85. The third kappa shape index (κ3) is 4.76. The largest absolute Gasteiger partial charge is 0.493 e. The van der Waals surface area contributed by atoms with E-state index in [1.807, 2.05) is 0 Å². The lowest BCUT2D eigenvalue weighted by Crippen LogP contribution is -2.21. The van der Waals surface area contributed by atoms with Gasteiger partial charge in [0.25, 0.3) is 16.0 Å². The van der Waals surface area contributed by atoms with Gasteiger partial charge in [-0.3, -0.25) is 9.35 Å². The van der Waals surface area contributed by atoms with Gasteiger partial charge in [0, 0.05) is 0 Å². The van der Waals surface area contributed by atoms with Gasteiger partial charge in [0.05, 0.1) is 29.0 Å². The van der Waals surface area contributed by atoms with Crippen molar-refractivity contribution >= 4 is 50.8 Å². The number of amides is 1. The number of thiophene rings is 1. The van der Waals surface area contributed by atoms with Crippen molar-refractivity contribution in [3.63, 3.8) is 0 Å². The number of hydrogen-bond acceptors (Lipinski definition) is 8. The van der Waals surface area contributed by atoms with E-state index in [1.165, 1.54) is 42.7 Å². The fraction of sp³-hybridized carbons (Fsp3) is 0.0870. The summed E-state index contributed by atoms with van der Waals surface area (Å²) in [6.45, 7) is 1.67. The minimum Gasteiger partial charge on any atom is -0.493 e. The highest BCUT2D eigenvalue weighted by atomic mass is 32.2. The van der Waals surface area contributed by atoms with Crippen molar-refractivity contribution in [3.8, 4) is 11.5 Å². The maximum absolute atomic E-state index is 13.0. The first-order valence-corrected chi connectivity index (χ1v) is 12.1. The maximum Gasteiger partial charge on any atom is 0.353 e. The molecule has 1 aliphatic heterocycles. The number of hydrazone groups is 1. The summed E-state index contributed by atoms with van der Waals surface area (Å²) in [4.78, 5) is 25.4. The first-order valence-electron chi connectivity index (χ1n) is 9.80. The van der Waals surface area contributed by atoms with E-state index in [4.69, 9.17) is 14.0 Å². The van der Waals surface area contributed by atoms with Crippen LogP contribution in [0.3, 0.4) is 0 Å². The van der Waals surface area contributed by atoms with E-state index < -0.39 is 22.0 Å². The molecule has 9 nitrogen and oxygen atoms in total. The van der Waals surface area contributed by atoms with Crippen LogP contribution in [0.4, 0.5) is 5.69 Å². The Morgan fingerprint density at radius 1 is 1.12 bits per heavy atom. The van der Waals surface area contributed by atoms with Gasteiger partial charge in [0.1, 0.15) is 4.88 Å². The van der Waals surface area contributed by atoms with Crippen molar-refractivity contribution in [2.75, 3.05) is 12.1 Å². The maximum atomic E-state index is 13.0. The molecule has 0 unspecified atom stereocenters. The number of ether oxygens (including phenoxy) is 2. The predicted octanol–water partition coefficient (Wildman–Crippen LogP) is 4.03. The second-order valence-corrected chi connectivity index (χ2v) is 9.48. The van der Waals surface area contributed by atoms with E-state index in [0.717, 1.165) is 5.01 Å². The van der Waals surface area contributed by atoms with Gasteiger partial charge in [-0.2, -0.15) is 18.5 Å². The Bertz CT molecular complexity index is 1420. The number of hydrogen-bond donors (Lipinski definition) is 1. The zero-order valence-electron chi connectivity index (χ0n) is 18.0. The molecule has 1 aromatic heterocycles. The quantitative estimate of drug-likeness (QED) is 0.236. The summed E-state index contributed by atoms with van der Waals surface area (Å²) in [5.41, 5.74) is 1.74. The summed E-state index contributed by atoms with van der Waals surface area (Å²) in [6, 6.07) is 13.4. The van der Waals surface area contributed by atoms with Crippen LogP contribution >= 0.6 is 11.3 Å². The van der Waals surface area contributed by atoms with Gasteiger partial charge in [-0.15, -0.1) is 11.3 Å². The number of esters is 1. The fourth-order valence-corrected chi connectivity index (χ4v) is 4.27. The Morgan fingerprint density at radius 3 is 2.47 bits per heavy atom. The van der Waals surface area contributed by atoms with Crippen molar-refractivity contribution in [2.24, 2.45) is 5.10 Å². The summed E-state index contributed by atoms with van der Waals surface area (Å²) >= 11 is 1.27. The van der Waals surface area contributed by atoms with Crippen LogP contribution in [0.25, 0.3) is 6.08 Å². The van der Waals surface area contributed by atoms with E-state index in [-0.39, 0.29) is 10.6 Å². The lowest BCUT2D eigenvalue weighted by molar-refractivity contribution is -0.114. The molecule has 0 saturated heterocycles. The zero-order valence-corrected chi connectivity index (χ0v) is 19.6. The minimum absolute atomic E-state index is 0.242. The second kappa shape index (κ2) is 9.21. The van der Waals surface area contributed by atoms with E-state index >= 15 is 0 Å². The van der Waals surface area contributed by atoms with Crippen molar-refractivity contribution in [2.45, 2.75) is 11.8 Å². The van der Waals surface area contributed by atoms with Crippen LogP contribution in [0.5, 0.6) is 11.5 Å². The lowest BCUT2D eigenvalue weighted by atomic mass is 10.1. The number of nitrogens with zero attached hydrogens (tertiary/aromatic N) is 2. The monoisotopic (exact) mass is 498 g/mol. The molecular formula is C23H18N2O7S2. The smallest absolute Gasteiger partial charge is 0.353 e. The Balaban J connectivity index is 1.57. The van der Waals surface area contributed by atoms with Gasteiger partial charge in [-0.1, -0.05) is 12.1 Å². The Kier molecular flexibility index (Phi) is 6.33. The van der Waals surface area contributed by atoms with Crippen LogP contribution in [0.2, 0.25) is 0 Å². The van der Waals surface area contributed by atoms with Crippen molar-refractivity contribution < 1.29 is 32.0 Å². The molecule has 0 fully saturated rings. The summed E-state index contributed by atoms with van der Waals surface area (Å²) < 4.78 is 42.4. The molecule has 34 heavy (non-hydrogen) atoms. The van der Waals surface area contributed by atoms with Gasteiger partial charge in [0.15, 0.2) is 11.5 Å². The zero-order chi connectivity index (χ0) is 24.5. The SMILES string of the molecule is COc1cc(/C=C2/C(=O)N(c3ccc(S(=O)(=O)O)cc3)N=C2C)ccc1OC(=O)c1cccs1. The molecule has 0 radical (unpaired) electrons. The highest BCUT2D eigenvalue weighted by Crippen LogP contribution is 2.31. The molecule has 2 heterocycles. The first kappa shape index (κ1) is 23.4. The van der Waals surface area contributed by atoms with Crippen LogP contribution in [0, 0.1) is 0 Å². The molecular weight excluding hydrogens is 480 g/mol. The third-order valence-corrected chi connectivity index (χ3v) is 6.58. The standard InChI is InChI=1S/C23H18N2O7S2/c1-14-18(22(26)25(24-14)16-6-8-17(9-7-16)34(28,29)30)12-15-5-10-19(20(13-15)31-2)32-23(27)21-4-3-11-33-21/h3-13H,1-2H3,(H,28,29,30)/b18-12+. The molecule has 1 aliphatic rings. The normalized spacial score (nSPS) is 14.9. The molecule has 2 aromatic carbocycles. The molecule has 174 valence electrons. The molecule has 4 rings (SSSR count). The first-order chi connectivity index (χ1) is 16.2. The topological polar surface area (TPSA) is 123 Å². The van der Waals surface area contributed by atoms with Crippen molar-refractivity contribution in [1.29, 1.82) is 0 Å². The number of carbonyl (C=O) groups is 2. The molecule has 0 aliphatic carbocycles. The lowest BCUT2D eigenvalue weighted by Gasteiger charge is -2.12. The molecule has 0 atom stereocenters. The van der Waals surface area contributed by atoms with Crippen molar-refractivity contribution in [1.82, 2.24) is 0 Å².